The van der Waals surface area contributed by atoms with Gasteiger partial charge in [-0.1, -0.05) is 0 Å². The van der Waals surface area contributed by atoms with Crippen LogP contribution in [-0.2, 0) is 10.9 Å². The van der Waals surface area contributed by atoms with E-state index in [9.17, 15) is 18.0 Å². The maximum atomic E-state index is 12.4. The first-order valence-electron chi connectivity index (χ1n) is 4.00. The molecule has 1 aromatic rings. The van der Waals surface area contributed by atoms with Crippen LogP contribution in [0.15, 0.2) is 6.07 Å². The molecule has 0 aliphatic heterocycles. The van der Waals surface area contributed by atoms with Gasteiger partial charge in [0.1, 0.15) is 4.88 Å². The summed E-state index contributed by atoms with van der Waals surface area (Å²) in [5, 5.41) is -0.0645. The molecule has 0 atom stereocenters. The molecule has 1 heterocycles. The molecule has 0 saturated carbocycles. The molecule has 1 aromatic heterocycles. The fraction of sp³-hybridized carbons (Fsp3) is 0.375. The number of hydrogen-bond donors (Lipinski definition) is 1. The van der Waals surface area contributed by atoms with Crippen LogP contribution >= 0.6 is 11.3 Å². The Morgan fingerprint density at radius 1 is 1.60 bits per heavy atom. The summed E-state index contributed by atoms with van der Waals surface area (Å²) in [6, 6.07) is 0.978. The minimum atomic E-state index is -4.58. The lowest BCUT2D eigenvalue weighted by atomic mass is 10.2. The standard InChI is InChI=1S/C8H8F3NO2S/c1-2-14-7(13)4-3-5(12)15-6(4)8(9,10)11/h3H,2,12H2,1H3. The van der Waals surface area contributed by atoms with Crippen molar-refractivity contribution in [2.24, 2.45) is 0 Å². The van der Waals surface area contributed by atoms with Crippen LogP contribution in [0.5, 0.6) is 0 Å². The number of esters is 1. The van der Waals surface area contributed by atoms with E-state index in [2.05, 4.69) is 4.74 Å². The molecule has 7 heteroatoms. The second-order valence-electron chi connectivity index (χ2n) is 2.61. The molecule has 0 fully saturated rings. The Bertz CT molecular complexity index is 372. The Morgan fingerprint density at radius 2 is 2.20 bits per heavy atom. The fourth-order valence-electron chi connectivity index (χ4n) is 0.981. The summed E-state index contributed by atoms with van der Waals surface area (Å²) in [6.07, 6.45) is -4.58. The highest BCUT2D eigenvalue weighted by Gasteiger charge is 2.38. The number of nitrogens with two attached hydrogens (primary N) is 1. The van der Waals surface area contributed by atoms with Gasteiger partial charge in [0.25, 0.3) is 0 Å². The molecular weight excluding hydrogens is 231 g/mol. The zero-order valence-corrected chi connectivity index (χ0v) is 8.54. The lowest BCUT2D eigenvalue weighted by Crippen LogP contribution is -2.11. The quantitative estimate of drug-likeness (QED) is 0.807. The van der Waals surface area contributed by atoms with E-state index >= 15 is 0 Å². The second kappa shape index (κ2) is 4.09. The van der Waals surface area contributed by atoms with Gasteiger partial charge in [-0.25, -0.2) is 4.79 Å². The predicted octanol–water partition coefficient (Wildman–Crippen LogP) is 2.53. The van der Waals surface area contributed by atoms with E-state index < -0.39 is 22.6 Å². The Labute approximate surface area is 87.6 Å². The SMILES string of the molecule is CCOC(=O)c1cc(N)sc1C(F)(F)F. The molecule has 15 heavy (non-hydrogen) atoms. The van der Waals surface area contributed by atoms with Crippen molar-refractivity contribution in [3.63, 3.8) is 0 Å². The maximum absolute atomic E-state index is 12.4. The number of alkyl halides is 3. The molecule has 1 rings (SSSR count). The second-order valence-corrected chi connectivity index (χ2v) is 3.69. The van der Waals surface area contributed by atoms with Crippen LogP contribution in [0.25, 0.3) is 0 Å². The molecule has 84 valence electrons. The van der Waals surface area contributed by atoms with Gasteiger partial charge in [0.05, 0.1) is 17.2 Å². The lowest BCUT2D eigenvalue weighted by molar-refractivity contribution is -0.134. The van der Waals surface area contributed by atoms with Crippen LogP contribution < -0.4 is 5.73 Å². The number of halogens is 3. The van der Waals surface area contributed by atoms with Crippen molar-refractivity contribution in [2.75, 3.05) is 12.3 Å². The minimum absolute atomic E-state index is 0.0197. The Kier molecular flexibility index (Phi) is 3.23. The Hall–Kier alpha value is -1.24. The molecule has 2 N–H and O–H groups in total. The van der Waals surface area contributed by atoms with Crippen LogP contribution in [-0.4, -0.2) is 12.6 Å². The van der Waals surface area contributed by atoms with Gasteiger partial charge in [-0.2, -0.15) is 13.2 Å². The van der Waals surface area contributed by atoms with Gasteiger partial charge in [-0.05, 0) is 13.0 Å². The van der Waals surface area contributed by atoms with E-state index in [0.717, 1.165) is 6.07 Å². The fourth-order valence-corrected chi connectivity index (χ4v) is 1.76. The highest BCUT2D eigenvalue weighted by Crippen LogP contribution is 2.39. The van der Waals surface area contributed by atoms with Gasteiger partial charge in [-0.15, -0.1) is 11.3 Å². The molecular formula is C8H8F3NO2S. The molecule has 0 radical (unpaired) electrons. The first kappa shape index (κ1) is 11.8. The first-order chi connectivity index (χ1) is 6.86. The summed E-state index contributed by atoms with van der Waals surface area (Å²) in [6.45, 7) is 1.53. The molecule has 3 nitrogen and oxygen atoms in total. The third kappa shape index (κ3) is 2.62. The summed E-state index contributed by atoms with van der Waals surface area (Å²) in [5.74, 6) is -1.00. The maximum Gasteiger partial charge on any atom is 0.426 e. The van der Waals surface area contributed by atoms with Crippen molar-refractivity contribution in [3.05, 3.63) is 16.5 Å². The van der Waals surface area contributed by atoms with Gasteiger partial charge in [0.2, 0.25) is 0 Å². The van der Waals surface area contributed by atoms with Gasteiger partial charge < -0.3 is 10.5 Å². The average molecular weight is 239 g/mol. The Balaban J connectivity index is 3.12. The summed E-state index contributed by atoms with van der Waals surface area (Å²) < 4.78 is 41.7. The van der Waals surface area contributed by atoms with E-state index in [1.54, 1.807) is 0 Å². The highest BCUT2D eigenvalue weighted by atomic mass is 32.1. The monoisotopic (exact) mass is 239 g/mol. The zero-order valence-electron chi connectivity index (χ0n) is 7.72. The minimum Gasteiger partial charge on any atom is -0.462 e. The summed E-state index contributed by atoms with van der Waals surface area (Å²) in [5.41, 5.74) is 4.70. The summed E-state index contributed by atoms with van der Waals surface area (Å²) in [4.78, 5) is 10.1. The molecule has 0 amide bonds. The highest BCUT2D eigenvalue weighted by molar-refractivity contribution is 7.16. The number of rotatable bonds is 2. The van der Waals surface area contributed by atoms with Crippen molar-refractivity contribution in [1.29, 1.82) is 0 Å². The summed E-state index contributed by atoms with van der Waals surface area (Å²) in [7, 11) is 0. The number of nitrogen functional groups attached to an aromatic ring is 1. The van der Waals surface area contributed by atoms with E-state index in [1.165, 1.54) is 6.92 Å². The van der Waals surface area contributed by atoms with E-state index in [0.29, 0.717) is 11.3 Å². The smallest absolute Gasteiger partial charge is 0.426 e. The number of ether oxygens (including phenoxy) is 1. The molecule has 0 aliphatic carbocycles. The molecule has 0 aliphatic rings. The zero-order chi connectivity index (χ0) is 11.6. The van der Waals surface area contributed by atoms with Crippen LogP contribution in [0.1, 0.15) is 22.2 Å². The average Bonchev–Trinajstić information content (AvgIpc) is 2.47. The number of carbonyl (C=O) groups excluding carboxylic acids is 1. The van der Waals surface area contributed by atoms with Gasteiger partial charge in [0.15, 0.2) is 0 Å². The third-order valence-corrected chi connectivity index (χ3v) is 2.51. The largest absolute Gasteiger partial charge is 0.462 e. The van der Waals surface area contributed by atoms with Crippen molar-refractivity contribution in [1.82, 2.24) is 0 Å². The van der Waals surface area contributed by atoms with E-state index in [1.807, 2.05) is 0 Å². The lowest BCUT2D eigenvalue weighted by Gasteiger charge is -2.06. The van der Waals surface area contributed by atoms with E-state index in [4.69, 9.17) is 5.73 Å². The van der Waals surface area contributed by atoms with Crippen molar-refractivity contribution >= 4 is 22.3 Å². The van der Waals surface area contributed by atoms with Crippen molar-refractivity contribution in [3.8, 4) is 0 Å². The van der Waals surface area contributed by atoms with Crippen LogP contribution in [0.3, 0.4) is 0 Å². The Morgan fingerprint density at radius 3 is 2.67 bits per heavy atom. The van der Waals surface area contributed by atoms with Gasteiger partial charge in [0, 0.05) is 0 Å². The topological polar surface area (TPSA) is 52.3 Å². The number of anilines is 1. The first-order valence-corrected chi connectivity index (χ1v) is 4.81. The number of hydrogen-bond acceptors (Lipinski definition) is 4. The van der Waals surface area contributed by atoms with E-state index in [-0.39, 0.29) is 11.6 Å². The van der Waals surface area contributed by atoms with Gasteiger partial charge >= 0.3 is 12.1 Å². The van der Waals surface area contributed by atoms with Gasteiger partial charge in [-0.3, -0.25) is 0 Å². The van der Waals surface area contributed by atoms with Crippen LogP contribution in [0.4, 0.5) is 18.2 Å². The molecule has 0 unspecified atom stereocenters. The molecule has 0 spiro atoms. The molecule has 0 aromatic carbocycles. The van der Waals surface area contributed by atoms with Crippen molar-refractivity contribution in [2.45, 2.75) is 13.1 Å². The van der Waals surface area contributed by atoms with Crippen LogP contribution in [0, 0.1) is 0 Å². The molecule has 0 bridgehead atoms. The normalized spacial score (nSPS) is 11.5. The van der Waals surface area contributed by atoms with Crippen LogP contribution in [0.2, 0.25) is 0 Å². The number of thiophene rings is 1. The number of carbonyl (C=O) groups is 1. The molecule has 0 saturated heterocycles. The van der Waals surface area contributed by atoms with Crippen molar-refractivity contribution < 1.29 is 22.7 Å². The third-order valence-electron chi connectivity index (χ3n) is 1.50. The summed E-state index contributed by atoms with van der Waals surface area (Å²) >= 11 is 0.327. The predicted molar refractivity (Wildman–Crippen MR) is 49.7 cm³/mol.